The minimum atomic E-state index is -1.41. The molecule has 0 radical (unpaired) electrons. The van der Waals surface area contributed by atoms with Crippen molar-refractivity contribution >= 4 is 23.7 Å². The molecule has 1 spiro atoms. The summed E-state index contributed by atoms with van der Waals surface area (Å²) < 4.78 is 17.3. The predicted molar refractivity (Wildman–Crippen MR) is 121 cm³/mol. The van der Waals surface area contributed by atoms with Gasteiger partial charge in [0.1, 0.15) is 18.3 Å². The fourth-order valence-electron chi connectivity index (χ4n) is 8.44. The summed E-state index contributed by atoms with van der Waals surface area (Å²) in [5.74, 6) is -3.89. The van der Waals surface area contributed by atoms with Gasteiger partial charge >= 0.3 is 17.9 Å². The molecule has 9 heteroatoms. The van der Waals surface area contributed by atoms with Crippen LogP contribution < -0.4 is 0 Å². The number of ether oxygens (including phenoxy) is 3. The number of aliphatic hydroxyl groups is 2. The summed E-state index contributed by atoms with van der Waals surface area (Å²) >= 11 is 0. The van der Waals surface area contributed by atoms with Crippen LogP contribution >= 0.6 is 0 Å². The molecular weight excluding hydrogens is 456 g/mol. The van der Waals surface area contributed by atoms with Crippen molar-refractivity contribution in [2.75, 3.05) is 0 Å². The van der Waals surface area contributed by atoms with E-state index in [9.17, 15) is 29.4 Å². The molecule has 4 aliphatic carbocycles. The Morgan fingerprint density at radius 3 is 2.03 bits per heavy atom. The molecule has 4 fully saturated rings. The summed E-state index contributed by atoms with van der Waals surface area (Å²) in [4.78, 5) is 50.6. The largest absolute Gasteiger partial charge is 0.462 e. The molecule has 0 heterocycles. The molecule has 4 rings (SSSR count). The minimum Gasteiger partial charge on any atom is -0.462 e. The minimum absolute atomic E-state index is 0.0858. The number of Topliss-reactive ketones (excluding diaryl/α,β-unsaturated/α-hetero) is 1. The standard InChI is InChI=1S/C26H36O9/c1-11-15-8-16(33-12(2)27)20-25(7)18(34-13(3)28)9-17(30)24(5,6)21(25)19(31)23(35-14(4)29)26(20,10-15)22(11)32/h15-21,23,30-31H,1,8-10H2,2-7H3/t15-,16+,17+,18+,19-,20+,21-,23+,25+,26+/m1/s1. The molecule has 35 heavy (non-hydrogen) atoms. The van der Waals surface area contributed by atoms with Gasteiger partial charge in [0.25, 0.3) is 0 Å². The first-order valence-electron chi connectivity index (χ1n) is 12.2. The van der Waals surface area contributed by atoms with Gasteiger partial charge in [-0.2, -0.15) is 0 Å². The van der Waals surface area contributed by atoms with Crippen molar-refractivity contribution in [1.29, 1.82) is 0 Å². The van der Waals surface area contributed by atoms with Gasteiger partial charge in [-0.15, -0.1) is 0 Å². The molecule has 4 aliphatic rings. The van der Waals surface area contributed by atoms with E-state index < -0.39 is 76.5 Å². The Hall–Kier alpha value is -2.26. The average molecular weight is 493 g/mol. The summed E-state index contributed by atoms with van der Waals surface area (Å²) in [6.45, 7) is 13.2. The molecule has 9 nitrogen and oxygen atoms in total. The lowest BCUT2D eigenvalue weighted by Crippen LogP contribution is -2.76. The number of hydrogen-bond donors (Lipinski definition) is 2. The molecule has 2 N–H and O–H groups in total. The first kappa shape index (κ1) is 25.8. The molecular formula is C26H36O9. The topological polar surface area (TPSA) is 136 Å². The first-order valence-corrected chi connectivity index (χ1v) is 12.2. The van der Waals surface area contributed by atoms with Crippen molar-refractivity contribution in [2.45, 2.75) is 91.3 Å². The van der Waals surface area contributed by atoms with Gasteiger partial charge in [-0.3, -0.25) is 19.2 Å². The maximum absolute atomic E-state index is 14.0. The van der Waals surface area contributed by atoms with E-state index in [1.165, 1.54) is 20.8 Å². The average Bonchev–Trinajstić information content (AvgIpc) is 2.90. The van der Waals surface area contributed by atoms with Crippen molar-refractivity contribution < 1.29 is 43.6 Å². The van der Waals surface area contributed by atoms with Gasteiger partial charge in [0.15, 0.2) is 5.78 Å². The molecule has 2 bridgehead atoms. The van der Waals surface area contributed by atoms with E-state index in [1.54, 1.807) is 13.8 Å². The highest BCUT2D eigenvalue weighted by molar-refractivity contribution is 6.04. The van der Waals surface area contributed by atoms with Crippen LogP contribution in [0.4, 0.5) is 0 Å². The van der Waals surface area contributed by atoms with E-state index in [0.717, 1.165) is 0 Å². The Morgan fingerprint density at radius 2 is 1.49 bits per heavy atom. The third kappa shape index (κ3) is 3.41. The van der Waals surface area contributed by atoms with E-state index in [1.807, 2.05) is 6.92 Å². The van der Waals surface area contributed by atoms with Crippen LogP contribution in [0, 0.1) is 34.0 Å². The Kier molecular flexibility index (Phi) is 6.00. The van der Waals surface area contributed by atoms with Crippen LogP contribution in [0.15, 0.2) is 12.2 Å². The van der Waals surface area contributed by atoms with Crippen LogP contribution in [0.3, 0.4) is 0 Å². The normalized spacial score (nSPS) is 45.7. The second-order valence-electron chi connectivity index (χ2n) is 11.7. The first-order chi connectivity index (χ1) is 16.1. The number of hydrogen-bond acceptors (Lipinski definition) is 9. The number of esters is 3. The van der Waals surface area contributed by atoms with Crippen LogP contribution in [0.25, 0.3) is 0 Å². The predicted octanol–water partition coefficient (Wildman–Crippen LogP) is 1.72. The molecule has 0 amide bonds. The second kappa shape index (κ2) is 8.13. The van der Waals surface area contributed by atoms with Crippen LogP contribution in [0.1, 0.15) is 60.8 Å². The molecule has 0 saturated heterocycles. The van der Waals surface area contributed by atoms with Gasteiger partial charge in [0.2, 0.25) is 0 Å². The highest BCUT2D eigenvalue weighted by atomic mass is 16.6. The molecule has 0 aliphatic heterocycles. The van der Waals surface area contributed by atoms with E-state index in [0.29, 0.717) is 12.0 Å². The van der Waals surface area contributed by atoms with Gasteiger partial charge < -0.3 is 24.4 Å². The van der Waals surface area contributed by atoms with Gasteiger partial charge in [0.05, 0.1) is 17.6 Å². The zero-order valence-electron chi connectivity index (χ0n) is 21.2. The molecule has 194 valence electrons. The smallest absolute Gasteiger partial charge is 0.303 e. The van der Waals surface area contributed by atoms with E-state index in [4.69, 9.17) is 14.2 Å². The lowest BCUT2D eigenvalue weighted by atomic mass is 9.37. The Bertz CT molecular complexity index is 985. The molecule has 0 aromatic carbocycles. The van der Waals surface area contributed by atoms with Gasteiger partial charge in [0, 0.05) is 44.4 Å². The third-order valence-corrected chi connectivity index (χ3v) is 9.44. The molecule has 0 unspecified atom stereocenters. The Balaban J connectivity index is 2.03. The maximum Gasteiger partial charge on any atom is 0.303 e. The number of rotatable bonds is 3. The zero-order valence-corrected chi connectivity index (χ0v) is 21.2. The number of carbonyl (C=O) groups is 4. The van der Waals surface area contributed by atoms with Crippen molar-refractivity contribution in [3.63, 3.8) is 0 Å². The van der Waals surface area contributed by atoms with Crippen molar-refractivity contribution in [3.05, 3.63) is 12.2 Å². The van der Waals surface area contributed by atoms with E-state index in [-0.39, 0.29) is 24.5 Å². The molecule has 0 aromatic rings. The number of aliphatic hydroxyl groups excluding tert-OH is 2. The van der Waals surface area contributed by atoms with Crippen LogP contribution in [-0.2, 0) is 33.4 Å². The van der Waals surface area contributed by atoms with E-state index in [2.05, 4.69) is 6.58 Å². The zero-order chi connectivity index (χ0) is 26.2. The summed E-state index contributed by atoms with van der Waals surface area (Å²) in [5, 5.41) is 23.0. The van der Waals surface area contributed by atoms with Crippen molar-refractivity contribution in [2.24, 2.45) is 34.0 Å². The van der Waals surface area contributed by atoms with Crippen LogP contribution in [0.2, 0.25) is 0 Å². The van der Waals surface area contributed by atoms with Crippen LogP contribution in [-0.4, -0.2) is 64.4 Å². The Morgan fingerprint density at radius 1 is 0.914 bits per heavy atom. The maximum atomic E-state index is 14.0. The molecule has 10 atom stereocenters. The van der Waals surface area contributed by atoms with Crippen LogP contribution in [0.5, 0.6) is 0 Å². The molecule has 4 saturated carbocycles. The summed E-state index contributed by atoms with van der Waals surface area (Å²) in [5.41, 5.74) is -3.07. The summed E-state index contributed by atoms with van der Waals surface area (Å²) in [6, 6.07) is 0. The van der Waals surface area contributed by atoms with Gasteiger partial charge in [-0.05, 0) is 29.7 Å². The lowest BCUT2D eigenvalue weighted by Gasteiger charge is -2.69. The fourth-order valence-corrected chi connectivity index (χ4v) is 8.44. The lowest BCUT2D eigenvalue weighted by molar-refractivity contribution is -0.307. The second-order valence-corrected chi connectivity index (χ2v) is 11.7. The highest BCUT2D eigenvalue weighted by Crippen LogP contribution is 2.72. The van der Waals surface area contributed by atoms with Gasteiger partial charge in [-0.1, -0.05) is 27.4 Å². The Labute approximate surface area is 205 Å². The molecule has 0 aromatic heterocycles. The monoisotopic (exact) mass is 492 g/mol. The number of fused-ring (bicyclic) bond motifs is 3. The van der Waals surface area contributed by atoms with Crippen molar-refractivity contribution in [3.8, 4) is 0 Å². The summed E-state index contributed by atoms with van der Waals surface area (Å²) in [6.07, 6.45) is -4.48. The SMILES string of the molecule is C=C1C(=O)[C@]23C[C@H]1C[C@H](OC(C)=O)[C@H]2[C@]1(C)[C@@H](OC(C)=O)C[C@H](O)C(C)(C)[C@H]1[C@@H](O)[C@@H]3OC(C)=O. The fraction of sp³-hybridized carbons (Fsp3) is 0.769. The number of carbonyl (C=O) groups excluding carboxylic acids is 4. The summed E-state index contributed by atoms with van der Waals surface area (Å²) in [7, 11) is 0. The highest BCUT2D eigenvalue weighted by Gasteiger charge is 2.79. The third-order valence-electron chi connectivity index (χ3n) is 9.44. The number of ketones is 1. The van der Waals surface area contributed by atoms with E-state index >= 15 is 0 Å². The van der Waals surface area contributed by atoms with Gasteiger partial charge in [-0.25, -0.2) is 0 Å². The number of allylic oxidation sites excluding steroid dienone is 1. The van der Waals surface area contributed by atoms with Crippen molar-refractivity contribution in [1.82, 2.24) is 0 Å². The quantitative estimate of drug-likeness (QED) is 0.343.